The molecule has 1 aromatic heterocycles. The molecule has 0 aliphatic rings. The first kappa shape index (κ1) is 15.6. The third-order valence-electron chi connectivity index (χ3n) is 3.75. The Bertz CT molecular complexity index is 559. The molecule has 1 aromatic carbocycles. The van der Waals surface area contributed by atoms with Gasteiger partial charge < -0.3 is 10.5 Å². The highest BCUT2D eigenvalue weighted by Crippen LogP contribution is 2.19. The summed E-state index contributed by atoms with van der Waals surface area (Å²) >= 11 is 0. The van der Waals surface area contributed by atoms with Crippen LogP contribution in [-0.2, 0) is 6.61 Å². The van der Waals surface area contributed by atoms with E-state index < -0.39 is 0 Å². The van der Waals surface area contributed by atoms with E-state index in [-0.39, 0.29) is 6.04 Å². The summed E-state index contributed by atoms with van der Waals surface area (Å²) in [7, 11) is 0. The second-order valence-electron chi connectivity index (χ2n) is 5.41. The lowest BCUT2D eigenvalue weighted by Crippen LogP contribution is -2.08. The smallest absolute Gasteiger partial charge is 0.132 e. The van der Waals surface area contributed by atoms with Crippen molar-refractivity contribution in [2.24, 2.45) is 5.73 Å². The third kappa shape index (κ3) is 4.08. The zero-order valence-electron chi connectivity index (χ0n) is 13.1. The monoisotopic (exact) mass is 287 g/mol. The number of aromatic nitrogens is 2. The van der Waals surface area contributed by atoms with Crippen LogP contribution in [0.25, 0.3) is 0 Å². The highest BCUT2D eigenvalue weighted by atomic mass is 16.5. The van der Waals surface area contributed by atoms with Gasteiger partial charge in [0.05, 0.1) is 11.7 Å². The summed E-state index contributed by atoms with van der Waals surface area (Å²) in [5.74, 6) is 0.835. The molecule has 0 fully saturated rings. The Morgan fingerprint density at radius 3 is 2.67 bits per heavy atom. The number of nitrogens with two attached hydrogens (primary N) is 1. The first-order valence-electron chi connectivity index (χ1n) is 7.66. The fraction of sp³-hybridized carbons (Fsp3) is 0.471. The van der Waals surface area contributed by atoms with Gasteiger partial charge in [-0.1, -0.05) is 26.0 Å². The van der Waals surface area contributed by atoms with E-state index in [4.69, 9.17) is 10.5 Å². The normalized spacial score (nSPS) is 12.6. The predicted octanol–water partition coefficient (Wildman–Crippen LogP) is 3.84. The molecule has 1 atom stereocenters. The summed E-state index contributed by atoms with van der Waals surface area (Å²) in [6.45, 7) is 6.82. The van der Waals surface area contributed by atoms with Crippen molar-refractivity contribution in [1.29, 1.82) is 0 Å². The van der Waals surface area contributed by atoms with Crippen LogP contribution in [-0.4, -0.2) is 9.78 Å². The average Bonchev–Trinajstić information content (AvgIpc) is 2.95. The standard InChI is InChI=1S/C17H25N3O/c1-4-16(5-2)20-10-9-15(19-20)12-21-17-8-6-7-14(11-17)13(3)18/h6-11,13,16H,4-5,12,18H2,1-3H3/t13-/m1/s1. The van der Waals surface area contributed by atoms with Gasteiger partial charge in [-0.15, -0.1) is 0 Å². The third-order valence-corrected chi connectivity index (χ3v) is 3.75. The Balaban J connectivity index is 1.98. The van der Waals surface area contributed by atoms with Gasteiger partial charge in [-0.05, 0) is 43.5 Å². The fourth-order valence-electron chi connectivity index (χ4n) is 2.37. The molecule has 4 heteroatoms. The minimum atomic E-state index is 0.0163. The molecule has 21 heavy (non-hydrogen) atoms. The SMILES string of the molecule is CCC(CC)n1ccc(COc2cccc([C@@H](C)N)c2)n1. The molecule has 0 spiro atoms. The van der Waals surface area contributed by atoms with Crippen LogP contribution < -0.4 is 10.5 Å². The maximum absolute atomic E-state index is 5.89. The van der Waals surface area contributed by atoms with Gasteiger partial charge in [0.1, 0.15) is 12.4 Å². The number of benzene rings is 1. The molecule has 4 nitrogen and oxygen atoms in total. The largest absolute Gasteiger partial charge is 0.487 e. The number of hydrogen-bond donors (Lipinski definition) is 1. The van der Waals surface area contributed by atoms with Crippen molar-refractivity contribution in [2.45, 2.75) is 52.3 Å². The zero-order valence-corrected chi connectivity index (χ0v) is 13.1. The molecular weight excluding hydrogens is 262 g/mol. The van der Waals surface area contributed by atoms with E-state index in [1.54, 1.807) is 0 Å². The van der Waals surface area contributed by atoms with Crippen molar-refractivity contribution >= 4 is 0 Å². The molecule has 0 unspecified atom stereocenters. The van der Waals surface area contributed by atoms with E-state index in [1.807, 2.05) is 48.1 Å². The summed E-state index contributed by atoms with van der Waals surface area (Å²) in [5, 5.41) is 4.59. The van der Waals surface area contributed by atoms with E-state index in [2.05, 4.69) is 18.9 Å². The van der Waals surface area contributed by atoms with Crippen molar-refractivity contribution in [3.05, 3.63) is 47.8 Å². The zero-order chi connectivity index (χ0) is 15.2. The van der Waals surface area contributed by atoms with Crippen LogP contribution in [0.3, 0.4) is 0 Å². The number of hydrogen-bond acceptors (Lipinski definition) is 3. The molecule has 0 bridgehead atoms. The molecule has 2 N–H and O–H groups in total. The van der Waals surface area contributed by atoms with Gasteiger partial charge in [-0.3, -0.25) is 4.68 Å². The summed E-state index contributed by atoms with van der Waals surface area (Å²) in [6, 6.07) is 10.4. The molecular formula is C17H25N3O. The molecule has 0 saturated carbocycles. The molecule has 1 heterocycles. The van der Waals surface area contributed by atoms with E-state index in [1.165, 1.54) is 0 Å². The maximum Gasteiger partial charge on any atom is 0.132 e. The summed E-state index contributed by atoms with van der Waals surface area (Å²) in [4.78, 5) is 0. The van der Waals surface area contributed by atoms with Gasteiger partial charge >= 0.3 is 0 Å². The lowest BCUT2D eigenvalue weighted by atomic mass is 10.1. The van der Waals surface area contributed by atoms with Crippen LogP contribution in [0.4, 0.5) is 0 Å². The minimum absolute atomic E-state index is 0.0163. The first-order chi connectivity index (χ1) is 10.1. The average molecular weight is 287 g/mol. The van der Waals surface area contributed by atoms with Crippen LogP contribution in [0.5, 0.6) is 5.75 Å². The second-order valence-corrected chi connectivity index (χ2v) is 5.41. The van der Waals surface area contributed by atoms with Crippen LogP contribution in [0, 0.1) is 0 Å². The maximum atomic E-state index is 5.89. The molecule has 0 radical (unpaired) electrons. The topological polar surface area (TPSA) is 53.1 Å². The van der Waals surface area contributed by atoms with Gasteiger partial charge in [-0.2, -0.15) is 5.10 Å². The predicted molar refractivity (Wildman–Crippen MR) is 85.2 cm³/mol. The Kier molecular flexibility index (Phi) is 5.39. The summed E-state index contributed by atoms with van der Waals surface area (Å²) in [6.07, 6.45) is 4.22. The van der Waals surface area contributed by atoms with Gasteiger partial charge in [0.15, 0.2) is 0 Å². The van der Waals surface area contributed by atoms with Crippen molar-refractivity contribution in [3.63, 3.8) is 0 Å². The van der Waals surface area contributed by atoms with E-state index >= 15 is 0 Å². The Morgan fingerprint density at radius 2 is 2.00 bits per heavy atom. The van der Waals surface area contributed by atoms with Crippen LogP contribution in [0.2, 0.25) is 0 Å². The van der Waals surface area contributed by atoms with Gasteiger partial charge in [0.25, 0.3) is 0 Å². The lowest BCUT2D eigenvalue weighted by molar-refractivity contribution is 0.297. The van der Waals surface area contributed by atoms with E-state index in [0.29, 0.717) is 12.6 Å². The number of nitrogens with zero attached hydrogens (tertiary/aromatic N) is 2. The molecule has 114 valence electrons. The molecule has 2 aromatic rings. The quantitative estimate of drug-likeness (QED) is 0.841. The highest BCUT2D eigenvalue weighted by Gasteiger charge is 2.08. The van der Waals surface area contributed by atoms with Crippen LogP contribution >= 0.6 is 0 Å². The van der Waals surface area contributed by atoms with Crippen LogP contribution in [0.15, 0.2) is 36.5 Å². The number of rotatable bonds is 7. The summed E-state index contributed by atoms with van der Waals surface area (Å²) in [5.41, 5.74) is 7.92. The van der Waals surface area contributed by atoms with Crippen molar-refractivity contribution < 1.29 is 4.74 Å². The van der Waals surface area contributed by atoms with Crippen molar-refractivity contribution in [3.8, 4) is 5.75 Å². The summed E-state index contributed by atoms with van der Waals surface area (Å²) < 4.78 is 7.85. The minimum Gasteiger partial charge on any atom is -0.487 e. The number of ether oxygens (including phenoxy) is 1. The molecule has 0 saturated heterocycles. The molecule has 0 amide bonds. The highest BCUT2D eigenvalue weighted by molar-refractivity contribution is 5.30. The van der Waals surface area contributed by atoms with Crippen LogP contribution in [0.1, 0.15) is 57.0 Å². The Labute approximate surface area is 126 Å². The fourth-order valence-corrected chi connectivity index (χ4v) is 2.37. The lowest BCUT2D eigenvalue weighted by Gasteiger charge is -2.12. The van der Waals surface area contributed by atoms with Crippen molar-refractivity contribution in [2.75, 3.05) is 0 Å². The molecule has 0 aliphatic heterocycles. The van der Waals surface area contributed by atoms with Gasteiger partial charge in [-0.25, -0.2) is 0 Å². The van der Waals surface area contributed by atoms with Gasteiger partial charge in [0.2, 0.25) is 0 Å². The van der Waals surface area contributed by atoms with Gasteiger partial charge in [0, 0.05) is 12.2 Å². The Morgan fingerprint density at radius 1 is 1.24 bits per heavy atom. The molecule has 2 rings (SSSR count). The second kappa shape index (κ2) is 7.27. The molecule has 0 aliphatic carbocycles. The van der Waals surface area contributed by atoms with E-state index in [0.717, 1.165) is 29.8 Å². The van der Waals surface area contributed by atoms with Crippen molar-refractivity contribution in [1.82, 2.24) is 9.78 Å². The first-order valence-corrected chi connectivity index (χ1v) is 7.66. The van der Waals surface area contributed by atoms with E-state index in [9.17, 15) is 0 Å². The Hall–Kier alpha value is -1.81.